The molecule has 1 heterocycles. The molecule has 0 bridgehead atoms. The second kappa shape index (κ2) is 6.29. The van der Waals surface area contributed by atoms with Crippen molar-refractivity contribution in [3.8, 4) is 0 Å². The predicted molar refractivity (Wildman–Crippen MR) is 83.5 cm³/mol. The maximum atomic E-state index is 13.1. The van der Waals surface area contributed by atoms with Gasteiger partial charge in [-0.3, -0.25) is 9.59 Å². The Hall–Kier alpha value is -1.92. The van der Waals surface area contributed by atoms with E-state index >= 15 is 0 Å². The first kappa shape index (κ1) is 16.0. The van der Waals surface area contributed by atoms with Gasteiger partial charge in [0.15, 0.2) is 0 Å². The van der Waals surface area contributed by atoms with E-state index in [0.717, 1.165) is 5.56 Å². The summed E-state index contributed by atoms with van der Waals surface area (Å²) in [5.74, 6) is -0.423. The Morgan fingerprint density at radius 1 is 1.30 bits per heavy atom. The van der Waals surface area contributed by atoms with Gasteiger partial charge in [-0.1, -0.05) is 30.3 Å². The Bertz CT molecular complexity index is 584. The molecule has 1 unspecified atom stereocenters. The quantitative estimate of drug-likeness (QED) is 0.828. The van der Waals surface area contributed by atoms with Gasteiger partial charge in [0, 0.05) is 13.1 Å². The zero-order valence-corrected chi connectivity index (χ0v) is 13.0. The largest absolute Gasteiger partial charge is 0.393 e. The average Bonchev–Trinajstić information content (AvgIpc) is 2.51. The number of hydrogen-bond donors (Lipinski definition) is 2. The molecular formula is C17H22N2O4. The summed E-state index contributed by atoms with van der Waals surface area (Å²) < 4.78 is 5.52. The normalized spacial score (nSPS) is 30.6. The van der Waals surface area contributed by atoms with Crippen molar-refractivity contribution in [1.29, 1.82) is 0 Å². The molecule has 2 fully saturated rings. The SMILES string of the molecule is NC(=O)CC1CN(C(=O)C2(c3ccccc3)CC(O)C2)CCO1. The van der Waals surface area contributed by atoms with Crippen molar-refractivity contribution >= 4 is 11.8 Å². The van der Waals surface area contributed by atoms with Crippen LogP contribution in [-0.2, 0) is 19.7 Å². The van der Waals surface area contributed by atoms with Crippen molar-refractivity contribution in [2.24, 2.45) is 5.73 Å². The van der Waals surface area contributed by atoms with Crippen molar-refractivity contribution in [3.63, 3.8) is 0 Å². The van der Waals surface area contributed by atoms with E-state index in [-0.39, 0.29) is 18.4 Å². The Balaban J connectivity index is 1.78. The van der Waals surface area contributed by atoms with Gasteiger partial charge in [0.05, 0.1) is 30.7 Å². The van der Waals surface area contributed by atoms with E-state index in [1.54, 1.807) is 4.90 Å². The zero-order valence-electron chi connectivity index (χ0n) is 13.0. The Morgan fingerprint density at radius 3 is 2.61 bits per heavy atom. The first-order chi connectivity index (χ1) is 11.0. The molecule has 1 aromatic rings. The third-order valence-electron chi connectivity index (χ3n) is 4.76. The summed E-state index contributed by atoms with van der Waals surface area (Å²) in [7, 11) is 0. The number of primary amides is 1. The molecule has 6 heteroatoms. The molecule has 23 heavy (non-hydrogen) atoms. The van der Waals surface area contributed by atoms with Crippen molar-refractivity contribution in [2.45, 2.75) is 36.9 Å². The molecule has 6 nitrogen and oxygen atoms in total. The van der Waals surface area contributed by atoms with Gasteiger partial charge in [0.1, 0.15) is 0 Å². The van der Waals surface area contributed by atoms with Gasteiger partial charge in [-0.2, -0.15) is 0 Å². The van der Waals surface area contributed by atoms with Gasteiger partial charge in [0.25, 0.3) is 0 Å². The van der Waals surface area contributed by atoms with Crippen LogP contribution < -0.4 is 5.73 Å². The molecule has 1 atom stereocenters. The van der Waals surface area contributed by atoms with Crippen molar-refractivity contribution < 1.29 is 19.4 Å². The maximum Gasteiger partial charge on any atom is 0.233 e. The standard InChI is InChI=1S/C17H22N2O4/c18-15(21)8-14-11-19(6-7-23-14)16(22)17(9-13(20)10-17)12-4-2-1-3-5-12/h1-5,13-14,20H,6-11H2,(H2,18,21). The van der Waals surface area contributed by atoms with Gasteiger partial charge in [0.2, 0.25) is 11.8 Å². The minimum Gasteiger partial charge on any atom is -0.393 e. The van der Waals surface area contributed by atoms with E-state index in [2.05, 4.69) is 0 Å². The molecule has 1 saturated heterocycles. The van der Waals surface area contributed by atoms with Crippen LogP contribution in [0.25, 0.3) is 0 Å². The highest BCUT2D eigenvalue weighted by Gasteiger charge is 2.52. The van der Waals surface area contributed by atoms with Crippen LogP contribution in [0.4, 0.5) is 0 Å². The second-order valence-electron chi connectivity index (χ2n) is 6.42. The van der Waals surface area contributed by atoms with Gasteiger partial charge >= 0.3 is 0 Å². The highest BCUT2D eigenvalue weighted by Crippen LogP contribution is 2.45. The monoisotopic (exact) mass is 318 g/mol. The molecule has 0 spiro atoms. The van der Waals surface area contributed by atoms with Gasteiger partial charge in [-0.25, -0.2) is 0 Å². The average molecular weight is 318 g/mol. The topological polar surface area (TPSA) is 92.9 Å². The van der Waals surface area contributed by atoms with E-state index in [1.165, 1.54) is 0 Å². The van der Waals surface area contributed by atoms with Gasteiger partial charge in [-0.05, 0) is 18.4 Å². The van der Waals surface area contributed by atoms with E-state index in [1.807, 2.05) is 30.3 Å². The number of aliphatic hydroxyl groups is 1. The lowest BCUT2D eigenvalue weighted by molar-refractivity contribution is -0.154. The summed E-state index contributed by atoms with van der Waals surface area (Å²) >= 11 is 0. The molecule has 1 aliphatic heterocycles. The number of rotatable bonds is 4. The van der Waals surface area contributed by atoms with Crippen LogP contribution in [0.5, 0.6) is 0 Å². The van der Waals surface area contributed by atoms with Crippen molar-refractivity contribution in [2.75, 3.05) is 19.7 Å². The fourth-order valence-corrected chi connectivity index (χ4v) is 3.59. The number of nitrogens with zero attached hydrogens (tertiary/aromatic N) is 1. The summed E-state index contributed by atoms with van der Waals surface area (Å²) in [5.41, 5.74) is 5.50. The lowest BCUT2D eigenvalue weighted by atomic mass is 9.61. The Morgan fingerprint density at radius 2 is 2.00 bits per heavy atom. The summed E-state index contributed by atoms with van der Waals surface area (Å²) in [5, 5.41) is 9.81. The summed E-state index contributed by atoms with van der Waals surface area (Å²) in [6.07, 6.45) is 0.205. The first-order valence-corrected chi connectivity index (χ1v) is 7.94. The molecule has 3 rings (SSSR count). The number of benzene rings is 1. The lowest BCUT2D eigenvalue weighted by Crippen LogP contribution is -2.59. The van der Waals surface area contributed by atoms with Crippen LogP contribution in [-0.4, -0.2) is 53.7 Å². The molecule has 1 aliphatic carbocycles. The van der Waals surface area contributed by atoms with Crippen LogP contribution in [0.3, 0.4) is 0 Å². The number of nitrogens with two attached hydrogens (primary N) is 1. The molecular weight excluding hydrogens is 296 g/mol. The smallest absolute Gasteiger partial charge is 0.233 e. The summed E-state index contributed by atoms with van der Waals surface area (Å²) in [4.78, 5) is 25.9. The molecule has 2 amide bonds. The number of hydrogen-bond acceptors (Lipinski definition) is 4. The van der Waals surface area contributed by atoms with Gasteiger partial charge in [-0.15, -0.1) is 0 Å². The highest BCUT2D eigenvalue weighted by atomic mass is 16.5. The van der Waals surface area contributed by atoms with E-state index < -0.39 is 17.4 Å². The third kappa shape index (κ3) is 3.09. The molecule has 1 saturated carbocycles. The molecule has 0 aromatic heterocycles. The van der Waals surface area contributed by atoms with E-state index in [9.17, 15) is 14.7 Å². The van der Waals surface area contributed by atoms with Crippen molar-refractivity contribution in [3.05, 3.63) is 35.9 Å². The molecule has 2 aliphatic rings. The molecule has 3 N–H and O–H groups in total. The lowest BCUT2D eigenvalue weighted by Gasteiger charge is -2.48. The zero-order chi connectivity index (χ0) is 16.4. The number of aliphatic hydroxyl groups excluding tert-OH is 1. The Kier molecular flexibility index (Phi) is 4.37. The minimum atomic E-state index is -0.657. The van der Waals surface area contributed by atoms with Gasteiger partial charge < -0.3 is 20.5 Å². The number of amides is 2. The summed E-state index contributed by atoms with van der Waals surface area (Å²) in [6, 6.07) is 9.60. The first-order valence-electron chi connectivity index (χ1n) is 7.94. The summed E-state index contributed by atoms with van der Waals surface area (Å²) in [6.45, 7) is 1.27. The highest BCUT2D eigenvalue weighted by molar-refractivity contribution is 5.90. The second-order valence-corrected chi connectivity index (χ2v) is 6.42. The number of carbonyl (C=O) groups is 2. The van der Waals surface area contributed by atoms with Crippen molar-refractivity contribution in [1.82, 2.24) is 4.90 Å². The van der Waals surface area contributed by atoms with E-state index in [4.69, 9.17) is 10.5 Å². The molecule has 0 radical (unpaired) electrons. The fraction of sp³-hybridized carbons (Fsp3) is 0.529. The van der Waals surface area contributed by atoms with Crippen LogP contribution >= 0.6 is 0 Å². The maximum absolute atomic E-state index is 13.1. The minimum absolute atomic E-state index is 0.00627. The fourth-order valence-electron chi connectivity index (χ4n) is 3.59. The molecule has 1 aromatic carbocycles. The predicted octanol–water partition coefficient (Wildman–Crippen LogP) is 0.182. The van der Waals surface area contributed by atoms with E-state index in [0.29, 0.717) is 32.5 Å². The number of carbonyl (C=O) groups excluding carboxylic acids is 2. The van der Waals surface area contributed by atoms with Crippen LogP contribution in [0, 0.1) is 0 Å². The van der Waals surface area contributed by atoms with Crippen LogP contribution in [0.15, 0.2) is 30.3 Å². The number of morpholine rings is 1. The van der Waals surface area contributed by atoms with Crippen LogP contribution in [0.2, 0.25) is 0 Å². The third-order valence-corrected chi connectivity index (χ3v) is 4.76. The molecule has 124 valence electrons. The number of ether oxygens (including phenoxy) is 1. The van der Waals surface area contributed by atoms with Crippen LogP contribution in [0.1, 0.15) is 24.8 Å². The Labute approximate surface area is 135 Å².